The summed E-state index contributed by atoms with van der Waals surface area (Å²) in [7, 11) is 0. The van der Waals surface area contributed by atoms with Gasteiger partial charge in [0.2, 0.25) is 0 Å². The van der Waals surface area contributed by atoms with E-state index >= 15 is 0 Å². The van der Waals surface area contributed by atoms with Gasteiger partial charge >= 0.3 is 0 Å². The first-order valence-electron chi connectivity index (χ1n) is 5.92. The molecule has 1 aromatic heterocycles. The number of benzene rings is 1. The van der Waals surface area contributed by atoms with Crippen molar-refractivity contribution in [1.82, 2.24) is 0 Å². The van der Waals surface area contributed by atoms with Crippen molar-refractivity contribution in [2.75, 3.05) is 0 Å². The van der Waals surface area contributed by atoms with Crippen molar-refractivity contribution in [2.24, 2.45) is 5.73 Å². The van der Waals surface area contributed by atoms with Crippen LogP contribution in [-0.4, -0.2) is 6.04 Å². The number of furan rings is 1. The molecule has 0 aliphatic heterocycles. The van der Waals surface area contributed by atoms with Crippen LogP contribution in [-0.2, 0) is 0 Å². The van der Waals surface area contributed by atoms with Crippen LogP contribution in [0.25, 0.3) is 0 Å². The summed E-state index contributed by atoms with van der Waals surface area (Å²) in [6, 6.07) is 10.4. The van der Waals surface area contributed by atoms with Crippen LogP contribution in [0.2, 0.25) is 0 Å². The average molecular weight is 265 g/mol. The normalized spacial score (nSPS) is 14.4. The van der Waals surface area contributed by atoms with Gasteiger partial charge in [-0.05, 0) is 30.7 Å². The fourth-order valence-electron chi connectivity index (χ4n) is 1.70. The van der Waals surface area contributed by atoms with Gasteiger partial charge in [0.1, 0.15) is 11.6 Å². The zero-order valence-corrected chi connectivity index (χ0v) is 11.0. The largest absolute Gasteiger partial charge is 0.468 e. The minimum Gasteiger partial charge on any atom is -0.468 e. The molecular formula is C14H16FNOS. The van der Waals surface area contributed by atoms with E-state index in [4.69, 9.17) is 10.2 Å². The third-order valence-corrected chi connectivity index (χ3v) is 4.20. The maximum atomic E-state index is 13.7. The Labute approximate surface area is 110 Å². The van der Waals surface area contributed by atoms with Crippen molar-refractivity contribution < 1.29 is 8.81 Å². The van der Waals surface area contributed by atoms with Crippen LogP contribution in [0.1, 0.15) is 24.4 Å². The van der Waals surface area contributed by atoms with Gasteiger partial charge in [0.25, 0.3) is 0 Å². The first-order chi connectivity index (χ1) is 8.72. The molecule has 0 bridgehead atoms. The molecule has 0 aliphatic carbocycles. The summed E-state index contributed by atoms with van der Waals surface area (Å²) >= 11 is 1.41. The Bertz CT molecular complexity index is 486. The van der Waals surface area contributed by atoms with Crippen LogP contribution in [0.5, 0.6) is 0 Å². The predicted molar refractivity (Wildman–Crippen MR) is 72.0 cm³/mol. The summed E-state index contributed by atoms with van der Waals surface area (Å²) in [5, 5.41) is -0.0677. The highest BCUT2D eigenvalue weighted by Gasteiger charge is 2.23. The Morgan fingerprint density at radius 2 is 2.06 bits per heavy atom. The van der Waals surface area contributed by atoms with Gasteiger partial charge in [-0.15, -0.1) is 11.8 Å². The molecule has 2 unspecified atom stereocenters. The second kappa shape index (κ2) is 6.07. The smallest absolute Gasteiger partial charge is 0.136 e. The predicted octanol–water partition coefficient (Wildman–Crippen LogP) is 3.99. The van der Waals surface area contributed by atoms with Crippen molar-refractivity contribution >= 4 is 11.8 Å². The monoisotopic (exact) mass is 265 g/mol. The second-order valence-corrected chi connectivity index (χ2v) is 5.24. The summed E-state index contributed by atoms with van der Waals surface area (Å²) in [5.74, 6) is 0.569. The van der Waals surface area contributed by atoms with E-state index in [0.29, 0.717) is 4.90 Å². The standard InChI is InChI=1S/C14H16FNOS/c1-2-11(16)14(12-7-5-9-17-12)18-13-8-4-3-6-10(13)15/h3-9,11,14H,2,16H2,1H3. The van der Waals surface area contributed by atoms with E-state index in [-0.39, 0.29) is 17.1 Å². The highest BCUT2D eigenvalue weighted by atomic mass is 32.2. The lowest BCUT2D eigenvalue weighted by Gasteiger charge is -2.20. The minimum absolute atomic E-state index is 0.0677. The number of thioether (sulfide) groups is 1. The van der Waals surface area contributed by atoms with Gasteiger partial charge in [-0.2, -0.15) is 0 Å². The molecule has 0 saturated carbocycles. The Morgan fingerprint density at radius 3 is 2.67 bits per heavy atom. The van der Waals surface area contributed by atoms with Gasteiger partial charge in [-0.25, -0.2) is 4.39 Å². The molecule has 96 valence electrons. The average Bonchev–Trinajstić information content (AvgIpc) is 2.90. The lowest BCUT2D eigenvalue weighted by atomic mass is 10.1. The van der Waals surface area contributed by atoms with Crippen LogP contribution >= 0.6 is 11.8 Å². The molecule has 18 heavy (non-hydrogen) atoms. The van der Waals surface area contributed by atoms with E-state index in [1.54, 1.807) is 18.4 Å². The fourth-order valence-corrected chi connectivity index (χ4v) is 2.93. The number of hydrogen-bond donors (Lipinski definition) is 1. The van der Waals surface area contributed by atoms with Crippen molar-refractivity contribution in [3.63, 3.8) is 0 Å². The molecule has 0 fully saturated rings. The SMILES string of the molecule is CCC(N)C(Sc1ccccc1F)c1ccco1. The molecule has 2 nitrogen and oxygen atoms in total. The number of hydrogen-bond acceptors (Lipinski definition) is 3. The molecule has 2 rings (SSSR count). The minimum atomic E-state index is -0.220. The van der Waals surface area contributed by atoms with Gasteiger partial charge < -0.3 is 10.2 Å². The van der Waals surface area contributed by atoms with Gasteiger partial charge in [0.15, 0.2) is 0 Å². The van der Waals surface area contributed by atoms with Crippen LogP contribution in [0, 0.1) is 5.82 Å². The van der Waals surface area contributed by atoms with E-state index in [2.05, 4.69) is 0 Å². The zero-order valence-electron chi connectivity index (χ0n) is 10.2. The Hall–Kier alpha value is -1.26. The summed E-state index contributed by atoms with van der Waals surface area (Å²) in [5.41, 5.74) is 6.10. The quantitative estimate of drug-likeness (QED) is 0.831. The van der Waals surface area contributed by atoms with Gasteiger partial charge in [0, 0.05) is 10.9 Å². The van der Waals surface area contributed by atoms with Crippen LogP contribution < -0.4 is 5.73 Å². The van der Waals surface area contributed by atoms with E-state index < -0.39 is 0 Å². The first-order valence-corrected chi connectivity index (χ1v) is 6.80. The fraction of sp³-hybridized carbons (Fsp3) is 0.286. The van der Waals surface area contributed by atoms with E-state index in [1.165, 1.54) is 17.8 Å². The van der Waals surface area contributed by atoms with Crippen LogP contribution in [0.15, 0.2) is 52.0 Å². The number of halogens is 1. The first kappa shape index (κ1) is 13.2. The number of rotatable bonds is 5. The molecular weight excluding hydrogens is 249 g/mol. The molecule has 2 N–H and O–H groups in total. The molecule has 0 radical (unpaired) electrons. The zero-order chi connectivity index (χ0) is 13.0. The number of nitrogens with two attached hydrogens (primary N) is 1. The molecule has 0 aliphatic rings. The van der Waals surface area contributed by atoms with Crippen LogP contribution in [0.4, 0.5) is 4.39 Å². The summed E-state index contributed by atoms with van der Waals surface area (Å²) in [6.07, 6.45) is 2.43. The van der Waals surface area contributed by atoms with Gasteiger partial charge in [-0.3, -0.25) is 0 Å². The molecule has 1 heterocycles. The third-order valence-electron chi connectivity index (χ3n) is 2.77. The van der Waals surface area contributed by atoms with Crippen LogP contribution in [0.3, 0.4) is 0 Å². The third kappa shape index (κ3) is 2.94. The van der Waals surface area contributed by atoms with Gasteiger partial charge in [-0.1, -0.05) is 19.1 Å². The van der Waals surface area contributed by atoms with E-state index in [9.17, 15) is 4.39 Å². The Balaban J connectivity index is 2.24. The lowest BCUT2D eigenvalue weighted by molar-refractivity contribution is 0.473. The molecule has 0 spiro atoms. The molecule has 1 aromatic carbocycles. The Morgan fingerprint density at radius 1 is 1.28 bits per heavy atom. The topological polar surface area (TPSA) is 39.2 Å². The molecule has 2 aromatic rings. The molecule has 4 heteroatoms. The van der Waals surface area contributed by atoms with Gasteiger partial charge in [0.05, 0.1) is 11.5 Å². The molecule has 0 amide bonds. The summed E-state index contributed by atoms with van der Waals surface area (Å²) in [6.45, 7) is 2.02. The summed E-state index contributed by atoms with van der Waals surface area (Å²) < 4.78 is 19.1. The van der Waals surface area contributed by atoms with Crippen molar-refractivity contribution in [2.45, 2.75) is 29.5 Å². The lowest BCUT2D eigenvalue weighted by Crippen LogP contribution is -2.25. The highest BCUT2D eigenvalue weighted by Crippen LogP contribution is 2.39. The second-order valence-electron chi connectivity index (χ2n) is 4.06. The maximum Gasteiger partial charge on any atom is 0.136 e. The van der Waals surface area contributed by atoms with Crippen molar-refractivity contribution in [3.8, 4) is 0 Å². The van der Waals surface area contributed by atoms with Crippen molar-refractivity contribution in [3.05, 3.63) is 54.2 Å². The molecule has 2 atom stereocenters. The summed E-state index contributed by atoms with van der Waals surface area (Å²) in [4.78, 5) is 0.600. The highest BCUT2D eigenvalue weighted by molar-refractivity contribution is 7.99. The van der Waals surface area contributed by atoms with E-state index in [1.807, 2.05) is 25.1 Å². The maximum absolute atomic E-state index is 13.7. The van der Waals surface area contributed by atoms with E-state index in [0.717, 1.165) is 12.2 Å². The Kier molecular flexibility index (Phi) is 4.44. The van der Waals surface area contributed by atoms with Crippen molar-refractivity contribution in [1.29, 1.82) is 0 Å². The molecule has 0 saturated heterocycles.